The number of rotatable bonds is 2. The minimum Gasteiger partial charge on any atom is -0.493 e. The normalized spacial score (nSPS) is 17.9. The maximum Gasteiger partial charge on any atom is 0.352 e. The predicted molar refractivity (Wildman–Crippen MR) is 66.1 cm³/mol. The molecule has 4 nitrogen and oxygen atoms in total. The van der Waals surface area contributed by atoms with Crippen LogP contribution in [0.25, 0.3) is 0 Å². The molecule has 1 atom stereocenters. The molecule has 0 amide bonds. The van der Waals surface area contributed by atoms with Crippen molar-refractivity contribution in [3.63, 3.8) is 0 Å². The Balaban J connectivity index is 2.08. The number of hydrogen-bond donors (Lipinski definition) is 1. The summed E-state index contributed by atoms with van der Waals surface area (Å²) in [5, 5.41) is 9.18. The first kappa shape index (κ1) is 10.9. The van der Waals surface area contributed by atoms with Crippen LogP contribution in [-0.4, -0.2) is 22.2 Å². The van der Waals surface area contributed by atoms with Crippen molar-refractivity contribution in [2.45, 2.75) is 12.5 Å². The Morgan fingerprint density at radius 3 is 2.94 bits per heavy atom. The monoisotopic (exact) mass is 243 g/mol. The fraction of sp³-hybridized carbons (Fsp3) is 0.214. The average Bonchev–Trinajstić information content (AvgIpc) is 2.87. The maximum atomic E-state index is 11.2. The number of nitrogens with zero attached hydrogens (tertiary/aromatic N) is 1. The number of fused-ring (bicyclic) bond motifs is 1. The highest BCUT2D eigenvalue weighted by Crippen LogP contribution is 2.35. The second kappa shape index (κ2) is 4.22. The Labute approximate surface area is 104 Å². The summed E-state index contributed by atoms with van der Waals surface area (Å²) in [6.07, 6.45) is 2.60. The van der Waals surface area contributed by atoms with E-state index in [2.05, 4.69) is 0 Å². The van der Waals surface area contributed by atoms with Crippen molar-refractivity contribution in [1.82, 2.24) is 4.57 Å². The molecule has 1 aliphatic rings. The molecule has 1 unspecified atom stereocenters. The molecule has 1 N–H and O–H groups in total. The van der Waals surface area contributed by atoms with Gasteiger partial charge < -0.3 is 14.4 Å². The van der Waals surface area contributed by atoms with Crippen LogP contribution in [-0.2, 0) is 0 Å². The van der Waals surface area contributed by atoms with E-state index in [4.69, 9.17) is 4.74 Å². The van der Waals surface area contributed by atoms with Crippen LogP contribution < -0.4 is 4.74 Å². The van der Waals surface area contributed by atoms with E-state index in [0.29, 0.717) is 12.3 Å². The van der Waals surface area contributed by atoms with Gasteiger partial charge in [-0.05, 0) is 18.2 Å². The maximum absolute atomic E-state index is 11.2. The van der Waals surface area contributed by atoms with Crippen molar-refractivity contribution in [3.05, 3.63) is 53.9 Å². The van der Waals surface area contributed by atoms with Gasteiger partial charge in [-0.2, -0.15) is 0 Å². The van der Waals surface area contributed by atoms with Gasteiger partial charge in [-0.1, -0.05) is 18.2 Å². The molecule has 2 heterocycles. The fourth-order valence-corrected chi connectivity index (χ4v) is 2.46. The molecule has 0 fully saturated rings. The molecule has 0 radical (unpaired) electrons. The average molecular weight is 243 g/mol. The fourth-order valence-electron chi connectivity index (χ4n) is 2.46. The summed E-state index contributed by atoms with van der Waals surface area (Å²) in [5.74, 6) is -0.0530. The lowest BCUT2D eigenvalue weighted by atomic mass is 10.0. The molecule has 0 bridgehead atoms. The standard InChI is InChI=1S/C14H13NO3/c16-14(17)12-5-3-8-15(12)11-7-9-18-13-6-2-1-4-10(11)13/h1-6,8,11H,7,9H2,(H,16,17). The molecule has 0 saturated heterocycles. The summed E-state index contributed by atoms with van der Waals surface area (Å²) in [6, 6.07) is 11.2. The molecule has 18 heavy (non-hydrogen) atoms. The largest absolute Gasteiger partial charge is 0.493 e. The molecule has 1 aromatic heterocycles. The minimum absolute atomic E-state index is 0.0380. The van der Waals surface area contributed by atoms with Crippen LogP contribution in [0.3, 0.4) is 0 Å². The van der Waals surface area contributed by atoms with E-state index in [1.165, 1.54) is 0 Å². The number of carboxylic acid groups (broad SMARTS) is 1. The number of ether oxygens (including phenoxy) is 1. The summed E-state index contributed by atoms with van der Waals surface area (Å²) >= 11 is 0. The molecular weight excluding hydrogens is 230 g/mol. The Morgan fingerprint density at radius 1 is 1.28 bits per heavy atom. The zero-order valence-electron chi connectivity index (χ0n) is 9.74. The van der Waals surface area contributed by atoms with Gasteiger partial charge in [0.25, 0.3) is 0 Å². The molecule has 3 rings (SSSR count). The summed E-state index contributed by atoms with van der Waals surface area (Å²) in [4.78, 5) is 11.2. The van der Waals surface area contributed by atoms with Gasteiger partial charge in [0, 0.05) is 18.2 Å². The third-order valence-electron chi connectivity index (χ3n) is 3.26. The lowest BCUT2D eigenvalue weighted by Gasteiger charge is -2.27. The molecular formula is C14H13NO3. The number of carbonyl (C=O) groups is 1. The van der Waals surface area contributed by atoms with Crippen molar-refractivity contribution < 1.29 is 14.6 Å². The Bertz CT molecular complexity index is 588. The SMILES string of the molecule is O=C(O)c1cccn1C1CCOc2ccccc21. The van der Waals surface area contributed by atoms with E-state index in [9.17, 15) is 9.90 Å². The predicted octanol–water partition coefficient (Wildman–Crippen LogP) is 2.56. The number of aromatic carboxylic acids is 1. The molecule has 2 aromatic rings. The van der Waals surface area contributed by atoms with E-state index < -0.39 is 5.97 Å². The van der Waals surface area contributed by atoms with Crippen LogP contribution in [0.4, 0.5) is 0 Å². The second-order valence-corrected chi connectivity index (χ2v) is 4.30. The van der Waals surface area contributed by atoms with Crippen LogP contribution in [0.5, 0.6) is 5.75 Å². The number of aromatic nitrogens is 1. The van der Waals surface area contributed by atoms with Crippen LogP contribution >= 0.6 is 0 Å². The third-order valence-corrected chi connectivity index (χ3v) is 3.26. The highest BCUT2D eigenvalue weighted by Gasteiger charge is 2.25. The molecule has 4 heteroatoms. The number of carboxylic acids is 1. The lowest BCUT2D eigenvalue weighted by Crippen LogP contribution is -2.22. The molecule has 0 saturated carbocycles. The summed E-state index contributed by atoms with van der Waals surface area (Å²) < 4.78 is 7.40. The first-order valence-corrected chi connectivity index (χ1v) is 5.89. The van der Waals surface area contributed by atoms with Gasteiger partial charge in [0.1, 0.15) is 11.4 Å². The lowest BCUT2D eigenvalue weighted by molar-refractivity contribution is 0.0682. The van der Waals surface area contributed by atoms with Crippen molar-refractivity contribution >= 4 is 5.97 Å². The third kappa shape index (κ3) is 1.66. The molecule has 0 spiro atoms. The van der Waals surface area contributed by atoms with E-state index in [-0.39, 0.29) is 6.04 Å². The van der Waals surface area contributed by atoms with Gasteiger partial charge in [0.05, 0.1) is 12.6 Å². The summed E-state index contributed by atoms with van der Waals surface area (Å²) in [6.45, 7) is 0.610. The second-order valence-electron chi connectivity index (χ2n) is 4.30. The zero-order valence-corrected chi connectivity index (χ0v) is 9.74. The quantitative estimate of drug-likeness (QED) is 0.881. The zero-order chi connectivity index (χ0) is 12.5. The Morgan fingerprint density at radius 2 is 2.11 bits per heavy atom. The minimum atomic E-state index is -0.899. The van der Waals surface area contributed by atoms with Crippen LogP contribution in [0.2, 0.25) is 0 Å². The van der Waals surface area contributed by atoms with Gasteiger partial charge in [0.2, 0.25) is 0 Å². The van der Waals surface area contributed by atoms with Crippen LogP contribution in [0.1, 0.15) is 28.5 Å². The summed E-state index contributed by atoms with van der Waals surface area (Å²) in [5.41, 5.74) is 1.36. The van der Waals surface area contributed by atoms with Gasteiger partial charge in [-0.25, -0.2) is 4.79 Å². The highest BCUT2D eigenvalue weighted by molar-refractivity contribution is 5.86. The van der Waals surface area contributed by atoms with Crippen molar-refractivity contribution in [2.24, 2.45) is 0 Å². The number of para-hydroxylation sites is 1. The topological polar surface area (TPSA) is 51.5 Å². The van der Waals surface area contributed by atoms with Crippen molar-refractivity contribution in [2.75, 3.05) is 6.61 Å². The number of hydrogen-bond acceptors (Lipinski definition) is 2. The first-order valence-electron chi connectivity index (χ1n) is 5.89. The molecule has 92 valence electrons. The van der Waals surface area contributed by atoms with Crippen molar-refractivity contribution in [1.29, 1.82) is 0 Å². The van der Waals surface area contributed by atoms with Crippen LogP contribution in [0.15, 0.2) is 42.6 Å². The molecule has 1 aliphatic heterocycles. The molecule has 0 aliphatic carbocycles. The summed E-state index contributed by atoms with van der Waals surface area (Å²) in [7, 11) is 0. The molecule has 1 aromatic carbocycles. The Hall–Kier alpha value is -2.23. The van der Waals surface area contributed by atoms with Gasteiger partial charge >= 0.3 is 5.97 Å². The van der Waals surface area contributed by atoms with E-state index in [1.807, 2.05) is 35.0 Å². The van der Waals surface area contributed by atoms with E-state index >= 15 is 0 Å². The highest BCUT2D eigenvalue weighted by atomic mass is 16.5. The number of benzene rings is 1. The van der Waals surface area contributed by atoms with E-state index in [1.54, 1.807) is 12.1 Å². The van der Waals surface area contributed by atoms with Gasteiger partial charge in [0.15, 0.2) is 0 Å². The van der Waals surface area contributed by atoms with Gasteiger partial charge in [-0.15, -0.1) is 0 Å². The van der Waals surface area contributed by atoms with Crippen LogP contribution in [0, 0.1) is 0 Å². The Kier molecular flexibility index (Phi) is 2.55. The van der Waals surface area contributed by atoms with Crippen molar-refractivity contribution in [3.8, 4) is 5.75 Å². The van der Waals surface area contributed by atoms with E-state index in [0.717, 1.165) is 17.7 Å². The first-order chi connectivity index (χ1) is 8.77. The smallest absolute Gasteiger partial charge is 0.352 e. The van der Waals surface area contributed by atoms with Gasteiger partial charge in [-0.3, -0.25) is 0 Å².